The summed E-state index contributed by atoms with van der Waals surface area (Å²) in [7, 11) is 0. The third-order valence-electron chi connectivity index (χ3n) is 2.28. The van der Waals surface area contributed by atoms with Gasteiger partial charge >= 0.3 is 5.97 Å². The standard InChI is InChI=1S/C12H11N3O4S/c1-7-14-9(19-15-7)6-13-12(18)11-8(4-5-20-11)2-3-10(16)17/h2-5H,6H2,1H3,(H,13,18)(H,16,17). The van der Waals surface area contributed by atoms with E-state index in [1.165, 1.54) is 17.4 Å². The van der Waals surface area contributed by atoms with E-state index in [0.29, 0.717) is 22.2 Å². The first-order valence-electron chi connectivity index (χ1n) is 5.62. The van der Waals surface area contributed by atoms with Crippen molar-refractivity contribution in [1.29, 1.82) is 0 Å². The Bertz CT molecular complexity index is 659. The minimum absolute atomic E-state index is 0.125. The van der Waals surface area contributed by atoms with Gasteiger partial charge in [0.2, 0.25) is 5.89 Å². The number of carboxylic acids is 1. The molecule has 0 unspecified atom stereocenters. The quantitative estimate of drug-likeness (QED) is 0.809. The van der Waals surface area contributed by atoms with Crippen molar-refractivity contribution in [3.63, 3.8) is 0 Å². The van der Waals surface area contributed by atoms with Crippen LogP contribution in [-0.2, 0) is 11.3 Å². The normalized spacial score (nSPS) is 10.8. The highest BCUT2D eigenvalue weighted by atomic mass is 32.1. The van der Waals surface area contributed by atoms with Gasteiger partial charge in [-0.05, 0) is 30.0 Å². The van der Waals surface area contributed by atoms with Crippen molar-refractivity contribution in [2.24, 2.45) is 0 Å². The van der Waals surface area contributed by atoms with Crippen LogP contribution >= 0.6 is 11.3 Å². The molecule has 8 heteroatoms. The second-order valence-corrected chi connectivity index (χ2v) is 4.71. The number of hydrogen-bond acceptors (Lipinski definition) is 6. The minimum atomic E-state index is -1.07. The van der Waals surface area contributed by atoms with Crippen LogP contribution in [0.15, 0.2) is 22.0 Å². The van der Waals surface area contributed by atoms with Gasteiger partial charge in [-0.3, -0.25) is 4.79 Å². The summed E-state index contributed by atoms with van der Waals surface area (Å²) in [5.41, 5.74) is 0.552. The van der Waals surface area contributed by atoms with Crippen LogP contribution < -0.4 is 5.32 Å². The lowest BCUT2D eigenvalue weighted by molar-refractivity contribution is -0.131. The molecule has 0 bridgehead atoms. The van der Waals surface area contributed by atoms with Crippen molar-refractivity contribution in [3.8, 4) is 0 Å². The molecule has 2 aromatic rings. The number of carbonyl (C=O) groups is 2. The lowest BCUT2D eigenvalue weighted by atomic mass is 10.2. The van der Waals surface area contributed by atoms with E-state index in [0.717, 1.165) is 6.08 Å². The number of rotatable bonds is 5. The third-order valence-corrected chi connectivity index (χ3v) is 3.21. The largest absolute Gasteiger partial charge is 0.478 e. The lowest BCUT2D eigenvalue weighted by Gasteiger charge is -2.01. The molecule has 104 valence electrons. The van der Waals surface area contributed by atoms with Gasteiger partial charge in [-0.1, -0.05) is 5.16 Å². The number of aromatic nitrogens is 2. The highest BCUT2D eigenvalue weighted by molar-refractivity contribution is 7.12. The van der Waals surface area contributed by atoms with Gasteiger partial charge in [0.05, 0.1) is 11.4 Å². The molecule has 0 aliphatic heterocycles. The molecular formula is C12H11N3O4S. The van der Waals surface area contributed by atoms with Gasteiger partial charge in [0.15, 0.2) is 5.82 Å². The molecule has 7 nitrogen and oxygen atoms in total. The smallest absolute Gasteiger partial charge is 0.328 e. The summed E-state index contributed by atoms with van der Waals surface area (Å²) in [4.78, 5) is 26.9. The van der Waals surface area contributed by atoms with Gasteiger partial charge < -0.3 is 14.9 Å². The predicted molar refractivity (Wildman–Crippen MR) is 71.2 cm³/mol. The summed E-state index contributed by atoms with van der Waals surface area (Å²) in [5, 5.41) is 16.5. The van der Waals surface area contributed by atoms with Crippen molar-refractivity contribution < 1.29 is 19.2 Å². The van der Waals surface area contributed by atoms with Crippen LogP contribution in [0.2, 0.25) is 0 Å². The molecule has 0 atom stereocenters. The highest BCUT2D eigenvalue weighted by Gasteiger charge is 2.13. The number of nitrogens with zero attached hydrogens (tertiary/aromatic N) is 2. The van der Waals surface area contributed by atoms with E-state index >= 15 is 0 Å². The first kappa shape index (κ1) is 13.9. The molecule has 0 aliphatic rings. The van der Waals surface area contributed by atoms with E-state index in [9.17, 15) is 9.59 Å². The lowest BCUT2D eigenvalue weighted by Crippen LogP contribution is -2.22. The molecule has 0 spiro atoms. The van der Waals surface area contributed by atoms with Gasteiger partial charge in [0.1, 0.15) is 0 Å². The number of carboxylic acid groups (broad SMARTS) is 1. The molecule has 2 N–H and O–H groups in total. The van der Waals surface area contributed by atoms with Crippen molar-refractivity contribution in [2.45, 2.75) is 13.5 Å². The van der Waals surface area contributed by atoms with Crippen molar-refractivity contribution in [1.82, 2.24) is 15.5 Å². The zero-order chi connectivity index (χ0) is 14.5. The van der Waals surface area contributed by atoms with Crippen LogP contribution in [0, 0.1) is 6.92 Å². The summed E-state index contributed by atoms with van der Waals surface area (Å²) < 4.78 is 4.88. The maximum absolute atomic E-state index is 12.0. The topological polar surface area (TPSA) is 105 Å². The number of hydrogen-bond donors (Lipinski definition) is 2. The molecule has 2 aromatic heterocycles. The maximum Gasteiger partial charge on any atom is 0.328 e. The first-order chi connectivity index (χ1) is 9.56. The number of aliphatic carboxylic acids is 1. The second kappa shape index (κ2) is 6.11. The minimum Gasteiger partial charge on any atom is -0.478 e. The van der Waals surface area contributed by atoms with Gasteiger partial charge in [-0.2, -0.15) is 4.98 Å². The highest BCUT2D eigenvalue weighted by Crippen LogP contribution is 2.18. The fraction of sp³-hybridized carbons (Fsp3) is 0.167. The van der Waals surface area contributed by atoms with Crippen molar-refractivity contribution >= 4 is 29.3 Å². The fourth-order valence-electron chi connectivity index (χ4n) is 1.44. The first-order valence-corrected chi connectivity index (χ1v) is 6.50. The Hall–Kier alpha value is -2.48. The summed E-state index contributed by atoms with van der Waals surface area (Å²) in [6.07, 6.45) is 2.37. The third kappa shape index (κ3) is 3.51. The van der Waals surface area contributed by atoms with Crippen LogP contribution in [0.3, 0.4) is 0 Å². The van der Waals surface area contributed by atoms with E-state index in [2.05, 4.69) is 15.5 Å². The number of amides is 1. The maximum atomic E-state index is 12.0. The molecule has 0 aliphatic carbocycles. The second-order valence-electron chi connectivity index (χ2n) is 3.79. The number of thiophene rings is 1. The summed E-state index contributed by atoms with van der Waals surface area (Å²) in [6, 6.07) is 1.68. The Morgan fingerprint density at radius 3 is 3.00 bits per heavy atom. The molecule has 2 heterocycles. The van der Waals surface area contributed by atoms with Crippen LogP contribution in [0.4, 0.5) is 0 Å². The molecule has 0 saturated carbocycles. The zero-order valence-corrected chi connectivity index (χ0v) is 11.3. The number of carbonyl (C=O) groups excluding carboxylic acids is 1. The van der Waals surface area contributed by atoms with Crippen LogP contribution in [0.5, 0.6) is 0 Å². The average molecular weight is 293 g/mol. The zero-order valence-electron chi connectivity index (χ0n) is 10.5. The Kier molecular flexibility index (Phi) is 4.26. The summed E-state index contributed by atoms with van der Waals surface area (Å²) in [6.45, 7) is 1.81. The van der Waals surface area contributed by atoms with Gasteiger partial charge in [0.25, 0.3) is 5.91 Å². The SMILES string of the molecule is Cc1noc(CNC(=O)c2sccc2C=CC(=O)O)n1. The summed E-state index contributed by atoms with van der Waals surface area (Å²) >= 11 is 1.23. The van der Waals surface area contributed by atoms with Crippen LogP contribution in [0.25, 0.3) is 6.08 Å². The van der Waals surface area contributed by atoms with E-state index in [-0.39, 0.29) is 12.5 Å². The number of nitrogens with one attached hydrogen (secondary N) is 1. The van der Waals surface area contributed by atoms with Crippen molar-refractivity contribution in [2.75, 3.05) is 0 Å². The van der Waals surface area contributed by atoms with E-state index in [1.54, 1.807) is 18.4 Å². The van der Waals surface area contributed by atoms with Gasteiger partial charge in [0, 0.05) is 6.08 Å². The molecule has 20 heavy (non-hydrogen) atoms. The molecule has 2 rings (SSSR count). The Labute approximate surface area is 117 Å². The molecule has 0 radical (unpaired) electrons. The van der Waals surface area contributed by atoms with E-state index in [1.807, 2.05) is 0 Å². The molecular weight excluding hydrogens is 282 g/mol. The van der Waals surface area contributed by atoms with Gasteiger partial charge in [-0.25, -0.2) is 4.79 Å². The van der Waals surface area contributed by atoms with Crippen LogP contribution in [-0.4, -0.2) is 27.1 Å². The molecule has 0 fully saturated rings. The molecule has 1 amide bonds. The summed E-state index contributed by atoms with van der Waals surface area (Å²) in [5.74, 6) is -0.574. The number of aryl methyl sites for hydroxylation is 1. The molecule has 0 aromatic carbocycles. The molecule has 0 saturated heterocycles. The van der Waals surface area contributed by atoms with Gasteiger partial charge in [-0.15, -0.1) is 11.3 Å². The Morgan fingerprint density at radius 1 is 1.55 bits per heavy atom. The van der Waals surface area contributed by atoms with Crippen LogP contribution in [0.1, 0.15) is 27.0 Å². The van der Waals surface area contributed by atoms with E-state index in [4.69, 9.17) is 9.63 Å². The fourth-order valence-corrected chi connectivity index (χ4v) is 2.25. The van der Waals surface area contributed by atoms with Crippen molar-refractivity contribution in [3.05, 3.63) is 39.7 Å². The monoisotopic (exact) mass is 293 g/mol. The average Bonchev–Trinajstić information content (AvgIpc) is 3.02. The Morgan fingerprint density at radius 2 is 2.35 bits per heavy atom. The Balaban J connectivity index is 2.02. The van der Waals surface area contributed by atoms with E-state index < -0.39 is 5.97 Å². The predicted octanol–water partition coefficient (Wildman–Crippen LogP) is 1.47.